The molecule has 0 radical (unpaired) electrons. The van der Waals surface area contributed by atoms with Gasteiger partial charge in [-0.05, 0) is 43.3 Å². The molecule has 0 fully saturated rings. The van der Waals surface area contributed by atoms with Crippen LogP contribution in [0.25, 0.3) is 0 Å². The van der Waals surface area contributed by atoms with E-state index in [1.54, 1.807) is 43.4 Å². The number of aryl methyl sites for hydroxylation is 1. The lowest BCUT2D eigenvalue weighted by atomic mass is 10.2. The van der Waals surface area contributed by atoms with Crippen molar-refractivity contribution in [2.75, 3.05) is 11.9 Å². The van der Waals surface area contributed by atoms with Gasteiger partial charge in [-0.25, -0.2) is 8.42 Å². The van der Waals surface area contributed by atoms with E-state index in [2.05, 4.69) is 0 Å². The SMILES string of the molecule is Cc1ccc(N(C)C(=O)c2ccc(S(=O)(=O)c3ccccc3)s2)cc1. The molecule has 0 saturated heterocycles. The largest absolute Gasteiger partial charge is 0.311 e. The number of thiophene rings is 1. The summed E-state index contributed by atoms with van der Waals surface area (Å²) in [5.41, 5.74) is 1.87. The van der Waals surface area contributed by atoms with Crippen molar-refractivity contribution in [3.05, 3.63) is 77.2 Å². The highest BCUT2D eigenvalue weighted by atomic mass is 32.2. The number of nitrogens with zero attached hydrogens (tertiary/aromatic N) is 1. The molecule has 0 N–H and O–H groups in total. The van der Waals surface area contributed by atoms with Gasteiger partial charge in [0.15, 0.2) is 0 Å². The first-order chi connectivity index (χ1) is 11.9. The van der Waals surface area contributed by atoms with Gasteiger partial charge in [0.05, 0.1) is 9.77 Å². The Balaban J connectivity index is 1.88. The van der Waals surface area contributed by atoms with Crippen LogP contribution in [0.4, 0.5) is 5.69 Å². The number of rotatable bonds is 4. The molecule has 4 nitrogen and oxygen atoms in total. The highest BCUT2D eigenvalue weighted by Crippen LogP contribution is 2.29. The van der Waals surface area contributed by atoms with E-state index in [0.717, 1.165) is 22.6 Å². The van der Waals surface area contributed by atoms with Crippen LogP contribution in [-0.2, 0) is 9.84 Å². The molecule has 1 amide bonds. The lowest BCUT2D eigenvalue weighted by Gasteiger charge is -2.16. The molecular weight excluding hydrogens is 354 g/mol. The Morgan fingerprint density at radius 1 is 0.920 bits per heavy atom. The normalized spacial score (nSPS) is 11.3. The minimum absolute atomic E-state index is 0.166. The van der Waals surface area contributed by atoms with Crippen LogP contribution >= 0.6 is 11.3 Å². The molecule has 0 aliphatic heterocycles. The Kier molecular flexibility index (Phi) is 4.74. The molecule has 1 aromatic heterocycles. The summed E-state index contributed by atoms with van der Waals surface area (Å²) in [5, 5.41) is 0. The summed E-state index contributed by atoms with van der Waals surface area (Å²) in [6.07, 6.45) is 0. The average Bonchev–Trinajstić information content (AvgIpc) is 3.13. The molecule has 0 aliphatic rings. The number of benzene rings is 2. The van der Waals surface area contributed by atoms with Crippen molar-refractivity contribution in [1.82, 2.24) is 0 Å². The van der Waals surface area contributed by atoms with Crippen LogP contribution in [0, 0.1) is 6.92 Å². The summed E-state index contributed by atoms with van der Waals surface area (Å²) in [6.45, 7) is 1.98. The predicted molar refractivity (Wildman–Crippen MR) is 100 cm³/mol. The lowest BCUT2D eigenvalue weighted by Crippen LogP contribution is -2.25. The number of sulfone groups is 1. The molecule has 0 unspecified atom stereocenters. The van der Waals surface area contributed by atoms with Crippen LogP contribution in [-0.4, -0.2) is 21.4 Å². The first-order valence-electron chi connectivity index (χ1n) is 7.64. The quantitative estimate of drug-likeness (QED) is 0.692. The van der Waals surface area contributed by atoms with Crippen LogP contribution < -0.4 is 4.90 Å². The summed E-state index contributed by atoms with van der Waals surface area (Å²) in [4.78, 5) is 14.8. The van der Waals surface area contributed by atoms with Gasteiger partial charge in [-0.3, -0.25) is 4.79 Å². The minimum atomic E-state index is -3.60. The predicted octanol–water partition coefficient (Wildman–Crippen LogP) is 4.17. The maximum Gasteiger partial charge on any atom is 0.268 e. The summed E-state index contributed by atoms with van der Waals surface area (Å²) in [5.74, 6) is -0.233. The highest BCUT2D eigenvalue weighted by Gasteiger charge is 2.23. The average molecular weight is 371 g/mol. The fourth-order valence-electron chi connectivity index (χ4n) is 2.35. The standard InChI is InChI=1S/C19H17NO3S2/c1-14-8-10-15(11-9-14)20(2)19(21)17-12-13-18(24-17)25(22,23)16-6-4-3-5-7-16/h3-13H,1-2H3. The zero-order valence-electron chi connectivity index (χ0n) is 13.8. The molecule has 1 heterocycles. The van der Waals surface area contributed by atoms with E-state index in [0.29, 0.717) is 4.88 Å². The number of carbonyl (C=O) groups excluding carboxylic acids is 1. The van der Waals surface area contributed by atoms with E-state index < -0.39 is 9.84 Å². The molecule has 0 spiro atoms. The summed E-state index contributed by atoms with van der Waals surface area (Å²) in [6, 6.07) is 18.9. The van der Waals surface area contributed by atoms with Gasteiger partial charge in [-0.15, -0.1) is 11.3 Å². The Morgan fingerprint density at radius 2 is 1.56 bits per heavy atom. The maximum absolute atomic E-state index is 12.6. The van der Waals surface area contributed by atoms with Crippen LogP contribution in [0.15, 0.2) is 75.8 Å². The molecule has 0 aliphatic carbocycles. The Bertz CT molecular complexity index is 991. The van der Waals surface area contributed by atoms with E-state index in [1.807, 2.05) is 31.2 Å². The summed E-state index contributed by atoms with van der Waals surface area (Å²) in [7, 11) is -1.92. The first kappa shape index (κ1) is 17.4. The van der Waals surface area contributed by atoms with Gasteiger partial charge in [-0.2, -0.15) is 0 Å². The van der Waals surface area contributed by atoms with E-state index in [4.69, 9.17) is 0 Å². The van der Waals surface area contributed by atoms with E-state index >= 15 is 0 Å². The molecule has 2 aromatic carbocycles. The van der Waals surface area contributed by atoms with Crippen LogP contribution in [0.5, 0.6) is 0 Å². The van der Waals surface area contributed by atoms with Gasteiger partial charge in [-0.1, -0.05) is 35.9 Å². The molecule has 6 heteroatoms. The smallest absolute Gasteiger partial charge is 0.268 e. The van der Waals surface area contributed by atoms with Crippen molar-refractivity contribution >= 4 is 32.8 Å². The number of amides is 1. The topological polar surface area (TPSA) is 54.5 Å². The van der Waals surface area contributed by atoms with Crippen LogP contribution in [0.2, 0.25) is 0 Å². The third kappa shape index (κ3) is 3.50. The van der Waals surface area contributed by atoms with Gasteiger partial charge >= 0.3 is 0 Å². The molecule has 0 atom stereocenters. The maximum atomic E-state index is 12.6. The molecule has 0 bridgehead atoms. The molecular formula is C19H17NO3S2. The van der Waals surface area contributed by atoms with Crippen LogP contribution in [0.1, 0.15) is 15.2 Å². The van der Waals surface area contributed by atoms with Gasteiger partial charge in [0, 0.05) is 12.7 Å². The molecule has 3 rings (SSSR count). The van der Waals surface area contributed by atoms with E-state index in [-0.39, 0.29) is 15.0 Å². The second kappa shape index (κ2) is 6.82. The summed E-state index contributed by atoms with van der Waals surface area (Å²) < 4.78 is 25.4. The van der Waals surface area contributed by atoms with Crippen molar-refractivity contribution in [3.8, 4) is 0 Å². The second-order valence-corrected chi connectivity index (χ2v) is 8.90. The van der Waals surface area contributed by atoms with E-state index in [1.165, 1.54) is 11.0 Å². The van der Waals surface area contributed by atoms with Gasteiger partial charge in [0.1, 0.15) is 4.21 Å². The van der Waals surface area contributed by atoms with Gasteiger partial charge < -0.3 is 4.90 Å². The number of anilines is 1. The number of carbonyl (C=O) groups is 1. The molecule has 25 heavy (non-hydrogen) atoms. The van der Waals surface area contributed by atoms with Crippen molar-refractivity contribution in [2.24, 2.45) is 0 Å². The third-order valence-electron chi connectivity index (χ3n) is 3.84. The Morgan fingerprint density at radius 3 is 2.20 bits per heavy atom. The fraction of sp³-hybridized carbons (Fsp3) is 0.105. The summed E-state index contributed by atoms with van der Waals surface area (Å²) >= 11 is 0.990. The minimum Gasteiger partial charge on any atom is -0.311 e. The number of hydrogen-bond donors (Lipinski definition) is 0. The van der Waals surface area contributed by atoms with Crippen molar-refractivity contribution in [3.63, 3.8) is 0 Å². The highest BCUT2D eigenvalue weighted by molar-refractivity contribution is 7.93. The Hall–Kier alpha value is -2.44. The van der Waals surface area contributed by atoms with Gasteiger partial charge in [0.25, 0.3) is 5.91 Å². The number of hydrogen-bond acceptors (Lipinski definition) is 4. The van der Waals surface area contributed by atoms with Crippen molar-refractivity contribution < 1.29 is 13.2 Å². The zero-order chi connectivity index (χ0) is 18.0. The third-order valence-corrected chi connectivity index (χ3v) is 7.17. The van der Waals surface area contributed by atoms with Crippen molar-refractivity contribution in [2.45, 2.75) is 16.0 Å². The molecule has 128 valence electrons. The molecule has 3 aromatic rings. The Labute approximate surface area is 151 Å². The molecule has 0 saturated carbocycles. The second-order valence-electron chi connectivity index (χ2n) is 5.63. The van der Waals surface area contributed by atoms with Crippen molar-refractivity contribution in [1.29, 1.82) is 0 Å². The van der Waals surface area contributed by atoms with E-state index in [9.17, 15) is 13.2 Å². The zero-order valence-corrected chi connectivity index (χ0v) is 15.5. The van der Waals surface area contributed by atoms with Gasteiger partial charge in [0.2, 0.25) is 9.84 Å². The lowest BCUT2D eigenvalue weighted by molar-refractivity contribution is 0.0997. The first-order valence-corrected chi connectivity index (χ1v) is 9.94. The monoisotopic (exact) mass is 371 g/mol. The van der Waals surface area contributed by atoms with Crippen LogP contribution in [0.3, 0.4) is 0 Å². The fourth-order valence-corrected chi connectivity index (χ4v) is 5.05.